The number of anilines is 1. The Hall–Kier alpha value is -3.09. The predicted molar refractivity (Wildman–Crippen MR) is 78.6 cm³/mol. The predicted octanol–water partition coefficient (Wildman–Crippen LogP) is 1.96. The molecule has 0 atom stereocenters. The number of rotatable bonds is 4. The second kappa shape index (κ2) is 5.96. The van der Waals surface area contributed by atoms with E-state index >= 15 is 0 Å². The van der Waals surface area contributed by atoms with Crippen molar-refractivity contribution in [1.29, 1.82) is 0 Å². The number of amides is 1. The minimum atomic E-state index is -0.626. The summed E-state index contributed by atoms with van der Waals surface area (Å²) in [4.78, 5) is 35.2. The smallest absolute Gasteiger partial charge is 0.342 e. The Bertz CT molecular complexity index is 792. The Morgan fingerprint density at radius 1 is 1.30 bits per heavy atom. The van der Waals surface area contributed by atoms with Crippen LogP contribution in [0.1, 0.15) is 26.5 Å². The summed E-state index contributed by atoms with van der Waals surface area (Å²) < 4.78 is 15.2. The van der Waals surface area contributed by atoms with Gasteiger partial charge >= 0.3 is 5.97 Å². The summed E-state index contributed by atoms with van der Waals surface area (Å²) in [7, 11) is 0. The molecule has 1 aliphatic rings. The van der Waals surface area contributed by atoms with Gasteiger partial charge in [-0.25, -0.2) is 4.79 Å². The van der Waals surface area contributed by atoms with Gasteiger partial charge in [0.05, 0.1) is 12.0 Å². The van der Waals surface area contributed by atoms with E-state index in [1.54, 1.807) is 19.1 Å². The molecule has 23 heavy (non-hydrogen) atoms. The number of carbonyl (C=O) groups excluding carboxylic acids is 3. The number of furan rings is 1. The zero-order valence-corrected chi connectivity index (χ0v) is 12.3. The first kappa shape index (κ1) is 14.8. The third kappa shape index (κ3) is 3.08. The van der Waals surface area contributed by atoms with E-state index in [1.807, 2.05) is 0 Å². The Morgan fingerprint density at radius 2 is 2.13 bits per heavy atom. The van der Waals surface area contributed by atoms with E-state index in [0.717, 1.165) is 0 Å². The average Bonchev–Trinajstić information content (AvgIpc) is 2.97. The van der Waals surface area contributed by atoms with Crippen molar-refractivity contribution in [2.24, 2.45) is 0 Å². The number of hydrogen-bond acceptors (Lipinski definition) is 6. The molecule has 0 radical (unpaired) electrons. The molecule has 1 aromatic carbocycles. The summed E-state index contributed by atoms with van der Waals surface area (Å²) in [6.07, 6.45) is 1.37. The first-order valence-corrected chi connectivity index (χ1v) is 6.85. The van der Waals surface area contributed by atoms with Crippen molar-refractivity contribution in [3.05, 3.63) is 47.4 Å². The highest BCUT2D eigenvalue weighted by Gasteiger charge is 2.19. The SMILES string of the molecule is Cc1occc1C(=O)OCC(=O)c1ccc2c(c1)NC(=O)CO2. The molecule has 1 amide bonds. The Labute approximate surface area is 131 Å². The van der Waals surface area contributed by atoms with E-state index in [2.05, 4.69) is 5.32 Å². The van der Waals surface area contributed by atoms with E-state index in [0.29, 0.717) is 22.8 Å². The van der Waals surface area contributed by atoms with Crippen LogP contribution in [-0.4, -0.2) is 30.9 Å². The molecule has 0 saturated heterocycles. The number of benzene rings is 1. The van der Waals surface area contributed by atoms with E-state index in [1.165, 1.54) is 18.4 Å². The number of fused-ring (bicyclic) bond motifs is 1. The molecule has 1 aliphatic heterocycles. The zero-order valence-electron chi connectivity index (χ0n) is 12.3. The molecular weight excluding hydrogens is 302 g/mol. The Balaban J connectivity index is 1.67. The summed E-state index contributed by atoms with van der Waals surface area (Å²) in [6, 6.07) is 6.11. The zero-order chi connectivity index (χ0) is 16.4. The van der Waals surface area contributed by atoms with Crippen molar-refractivity contribution in [1.82, 2.24) is 0 Å². The van der Waals surface area contributed by atoms with Gasteiger partial charge in [0.15, 0.2) is 19.0 Å². The lowest BCUT2D eigenvalue weighted by molar-refractivity contribution is -0.118. The number of ketones is 1. The van der Waals surface area contributed by atoms with E-state index in [-0.39, 0.29) is 23.9 Å². The summed E-state index contributed by atoms with van der Waals surface area (Å²) in [5.74, 6) is -0.381. The summed E-state index contributed by atoms with van der Waals surface area (Å²) >= 11 is 0. The van der Waals surface area contributed by atoms with Crippen LogP contribution in [0.3, 0.4) is 0 Å². The molecule has 0 aliphatic carbocycles. The number of esters is 1. The third-order valence-corrected chi connectivity index (χ3v) is 3.35. The molecular formula is C16H13NO6. The Morgan fingerprint density at radius 3 is 2.87 bits per heavy atom. The first-order valence-electron chi connectivity index (χ1n) is 6.85. The molecule has 0 saturated carbocycles. The summed E-state index contributed by atoms with van der Waals surface area (Å²) in [6.45, 7) is 1.17. The highest BCUT2D eigenvalue weighted by Crippen LogP contribution is 2.28. The van der Waals surface area contributed by atoms with Crippen LogP contribution in [0.2, 0.25) is 0 Å². The molecule has 0 spiro atoms. The number of aryl methyl sites for hydroxylation is 1. The van der Waals surface area contributed by atoms with Crippen molar-refractivity contribution < 1.29 is 28.3 Å². The van der Waals surface area contributed by atoms with E-state index in [4.69, 9.17) is 13.9 Å². The molecule has 7 nitrogen and oxygen atoms in total. The minimum Gasteiger partial charge on any atom is -0.482 e. The van der Waals surface area contributed by atoms with Crippen LogP contribution in [0, 0.1) is 6.92 Å². The number of carbonyl (C=O) groups is 3. The average molecular weight is 315 g/mol. The second-order valence-electron chi connectivity index (χ2n) is 4.94. The quantitative estimate of drug-likeness (QED) is 0.684. The molecule has 0 unspecified atom stereocenters. The van der Waals surface area contributed by atoms with Crippen LogP contribution in [-0.2, 0) is 9.53 Å². The lowest BCUT2D eigenvalue weighted by Gasteiger charge is -2.18. The van der Waals surface area contributed by atoms with Crippen LogP contribution in [0.15, 0.2) is 34.9 Å². The number of Topliss-reactive ketones (excluding diaryl/α,β-unsaturated/α-hetero) is 1. The third-order valence-electron chi connectivity index (χ3n) is 3.35. The minimum absolute atomic E-state index is 0.0536. The van der Waals surface area contributed by atoms with Crippen LogP contribution in [0.25, 0.3) is 0 Å². The van der Waals surface area contributed by atoms with Gasteiger partial charge in [-0.05, 0) is 31.2 Å². The second-order valence-corrected chi connectivity index (χ2v) is 4.94. The van der Waals surface area contributed by atoms with Crippen LogP contribution < -0.4 is 10.1 Å². The van der Waals surface area contributed by atoms with Crippen molar-refractivity contribution in [3.63, 3.8) is 0 Å². The van der Waals surface area contributed by atoms with Crippen LogP contribution >= 0.6 is 0 Å². The van der Waals surface area contributed by atoms with Crippen molar-refractivity contribution >= 4 is 23.3 Å². The molecule has 2 aromatic rings. The normalized spacial score (nSPS) is 12.8. The van der Waals surface area contributed by atoms with Gasteiger partial charge in [0.1, 0.15) is 17.1 Å². The van der Waals surface area contributed by atoms with Gasteiger partial charge in [-0.2, -0.15) is 0 Å². The lowest BCUT2D eigenvalue weighted by Crippen LogP contribution is -2.25. The standard InChI is InChI=1S/C16H13NO6/c1-9-11(4-5-21-9)16(20)23-7-13(18)10-2-3-14-12(6-10)17-15(19)8-22-14/h2-6H,7-8H2,1H3,(H,17,19). The maximum atomic E-state index is 12.1. The molecule has 118 valence electrons. The van der Waals surface area contributed by atoms with Gasteiger partial charge in [-0.3, -0.25) is 9.59 Å². The van der Waals surface area contributed by atoms with Gasteiger partial charge in [0.2, 0.25) is 0 Å². The summed E-state index contributed by atoms with van der Waals surface area (Å²) in [5.41, 5.74) is 1.01. The van der Waals surface area contributed by atoms with Crippen LogP contribution in [0.4, 0.5) is 5.69 Å². The number of ether oxygens (including phenoxy) is 2. The largest absolute Gasteiger partial charge is 0.482 e. The van der Waals surface area contributed by atoms with Crippen LogP contribution in [0.5, 0.6) is 5.75 Å². The lowest BCUT2D eigenvalue weighted by atomic mass is 10.1. The van der Waals surface area contributed by atoms with Gasteiger partial charge < -0.3 is 19.2 Å². The molecule has 7 heteroatoms. The van der Waals surface area contributed by atoms with E-state index in [9.17, 15) is 14.4 Å². The molecule has 2 heterocycles. The molecule has 0 fully saturated rings. The fourth-order valence-electron chi connectivity index (χ4n) is 2.15. The fraction of sp³-hybridized carbons (Fsp3) is 0.188. The van der Waals surface area contributed by atoms with Gasteiger partial charge in [0.25, 0.3) is 5.91 Å². The maximum Gasteiger partial charge on any atom is 0.342 e. The first-order chi connectivity index (χ1) is 11.0. The molecule has 3 rings (SSSR count). The number of nitrogens with one attached hydrogen (secondary N) is 1. The fourth-order valence-corrected chi connectivity index (χ4v) is 2.15. The van der Waals surface area contributed by atoms with Gasteiger partial charge in [-0.15, -0.1) is 0 Å². The van der Waals surface area contributed by atoms with Crippen molar-refractivity contribution in [2.75, 3.05) is 18.5 Å². The van der Waals surface area contributed by atoms with Gasteiger partial charge in [0, 0.05) is 5.56 Å². The van der Waals surface area contributed by atoms with Crippen molar-refractivity contribution in [2.45, 2.75) is 6.92 Å². The van der Waals surface area contributed by atoms with Gasteiger partial charge in [-0.1, -0.05) is 0 Å². The Kier molecular flexibility index (Phi) is 3.84. The highest BCUT2D eigenvalue weighted by molar-refractivity contribution is 6.02. The molecule has 0 bridgehead atoms. The number of hydrogen-bond donors (Lipinski definition) is 1. The molecule has 1 aromatic heterocycles. The maximum absolute atomic E-state index is 12.1. The summed E-state index contributed by atoms with van der Waals surface area (Å²) in [5, 5.41) is 2.61. The van der Waals surface area contributed by atoms with E-state index < -0.39 is 12.6 Å². The molecule has 1 N–H and O–H groups in total. The van der Waals surface area contributed by atoms with Crippen molar-refractivity contribution in [3.8, 4) is 5.75 Å². The highest BCUT2D eigenvalue weighted by atomic mass is 16.5. The monoisotopic (exact) mass is 315 g/mol. The topological polar surface area (TPSA) is 94.8 Å².